The van der Waals surface area contributed by atoms with Gasteiger partial charge < -0.3 is 21.1 Å². The van der Waals surface area contributed by atoms with Crippen molar-refractivity contribution in [3.8, 4) is 0 Å². The highest BCUT2D eigenvalue weighted by Crippen LogP contribution is 2.32. The molecule has 16 heteroatoms. The summed E-state index contributed by atoms with van der Waals surface area (Å²) in [4.78, 5) is 52.6. The van der Waals surface area contributed by atoms with Gasteiger partial charge in [-0.05, 0) is 164 Å². The number of hydrogen-bond acceptors (Lipinski definition) is 8. The second-order valence-corrected chi connectivity index (χ2v) is 24.0. The summed E-state index contributed by atoms with van der Waals surface area (Å²) in [5.41, 5.74) is 5.63. The highest BCUT2D eigenvalue weighted by Gasteiger charge is 2.26. The third-order valence-corrected chi connectivity index (χ3v) is 14.8. The molecule has 0 bridgehead atoms. The molecule has 0 fully saturated rings. The van der Waals surface area contributed by atoms with Crippen LogP contribution in [0.1, 0.15) is 105 Å². The number of carboxylic acids is 1. The Balaban J connectivity index is 0.000000251. The SMILES string of the molecule is CC(C)(C)c1ccc(C(Cc2ccc(C(=O)NCCS(=O)(=O)O)s2)C(=O)Nc2ccc(I)cc2)cc1.CC(C)(C)c1ccc(C(Cc2ccc(C(=O)O)s2)C(=O)Nc2ccc(I)cc2)cc1. The van der Waals surface area contributed by atoms with Crippen molar-refractivity contribution in [1.82, 2.24) is 5.32 Å². The van der Waals surface area contributed by atoms with E-state index in [0.717, 1.165) is 33.7 Å². The molecule has 4 aromatic carbocycles. The van der Waals surface area contributed by atoms with Gasteiger partial charge in [-0.1, -0.05) is 90.1 Å². The predicted molar refractivity (Wildman–Crippen MR) is 283 cm³/mol. The second kappa shape index (κ2) is 23.0. The Morgan fingerprint density at radius 2 is 0.955 bits per heavy atom. The van der Waals surface area contributed by atoms with Crippen molar-refractivity contribution in [3.63, 3.8) is 0 Å². The summed E-state index contributed by atoms with van der Waals surface area (Å²) in [6.45, 7) is 12.7. The van der Waals surface area contributed by atoms with Crippen LogP contribution in [0, 0.1) is 7.14 Å². The first-order valence-corrected chi connectivity index (χ1v) is 26.3. The normalized spacial score (nSPS) is 12.6. The Morgan fingerprint density at radius 1 is 0.576 bits per heavy atom. The van der Waals surface area contributed by atoms with E-state index in [1.54, 1.807) is 24.3 Å². The van der Waals surface area contributed by atoms with Crippen LogP contribution in [0.5, 0.6) is 0 Å². The number of benzene rings is 4. The molecule has 2 unspecified atom stereocenters. The summed E-state index contributed by atoms with van der Waals surface area (Å²) in [5, 5.41) is 17.7. The molecule has 0 radical (unpaired) electrons. The van der Waals surface area contributed by atoms with Crippen LogP contribution in [0.15, 0.2) is 121 Å². The van der Waals surface area contributed by atoms with Gasteiger partial charge >= 0.3 is 5.97 Å². The van der Waals surface area contributed by atoms with Crippen LogP contribution >= 0.6 is 67.9 Å². The predicted octanol–water partition coefficient (Wildman–Crippen LogP) is 11.5. The van der Waals surface area contributed by atoms with E-state index in [9.17, 15) is 32.7 Å². The largest absolute Gasteiger partial charge is 0.477 e. The van der Waals surface area contributed by atoms with E-state index >= 15 is 0 Å². The molecule has 0 spiro atoms. The maximum absolute atomic E-state index is 13.4. The first-order chi connectivity index (χ1) is 30.9. The van der Waals surface area contributed by atoms with Crippen molar-refractivity contribution in [3.05, 3.63) is 170 Å². The lowest BCUT2D eigenvalue weighted by Gasteiger charge is -2.21. The Kier molecular flexibility index (Phi) is 18.3. The average molecular weight is 1170 g/mol. The molecule has 0 saturated carbocycles. The molecular weight excluding hydrogens is 1120 g/mol. The minimum atomic E-state index is -4.15. The zero-order valence-corrected chi connectivity index (χ0v) is 44.1. The first-order valence-electron chi connectivity index (χ1n) is 20.9. The first kappa shape index (κ1) is 52.5. The zero-order chi connectivity index (χ0) is 48.4. The number of thiophene rings is 2. The summed E-state index contributed by atoms with van der Waals surface area (Å²) >= 11 is 6.90. The monoisotopic (exact) mass is 1170 g/mol. The van der Waals surface area contributed by atoms with Gasteiger partial charge in [-0.25, -0.2) is 4.79 Å². The average Bonchev–Trinajstić information content (AvgIpc) is 3.93. The summed E-state index contributed by atoms with van der Waals surface area (Å²) in [7, 11) is -4.15. The molecule has 6 rings (SSSR count). The minimum absolute atomic E-state index is 0.0111. The Bertz CT molecular complexity index is 2720. The maximum atomic E-state index is 13.4. The molecule has 66 heavy (non-hydrogen) atoms. The lowest BCUT2D eigenvalue weighted by Crippen LogP contribution is -2.28. The quantitative estimate of drug-likeness (QED) is 0.0498. The molecule has 0 aliphatic rings. The summed E-state index contributed by atoms with van der Waals surface area (Å²) in [5.74, 6) is -3.07. The van der Waals surface area contributed by atoms with E-state index in [2.05, 4.69) is 115 Å². The van der Waals surface area contributed by atoms with Crippen molar-refractivity contribution in [2.24, 2.45) is 0 Å². The molecule has 2 heterocycles. The van der Waals surface area contributed by atoms with Gasteiger partial charge in [0.1, 0.15) is 4.88 Å². The van der Waals surface area contributed by atoms with E-state index in [1.165, 1.54) is 33.8 Å². The molecule has 2 aromatic heterocycles. The number of carbonyl (C=O) groups excluding carboxylic acids is 3. The Labute approximate surface area is 422 Å². The number of carboxylic acid groups (broad SMARTS) is 1. The van der Waals surface area contributed by atoms with Gasteiger partial charge in [-0.2, -0.15) is 8.42 Å². The number of hydrogen-bond donors (Lipinski definition) is 5. The third-order valence-electron chi connectivity index (χ3n) is 10.4. The topological polar surface area (TPSA) is 179 Å². The van der Waals surface area contributed by atoms with E-state index in [-0.39, 0.29) is 34.1 Å². The summed E-state index contributed by atoms with van der Waals surface area (Å²) in [6.07, 6.45) is 0.844. The van der Waals surface area contributed by atoms with Gasteiger partial charge in [0.2, 0.25) is 11.8 Å². The van der Waals surface area contributed by atoms with Gasteiger partial charge in [-0.3, -0.25) is 18.9 Å². The molecule has 348 valence electrons. The molecule has 0 aliphatic carbocycles. The van der Waals surface area contributed by atoms with Gasteiger partial charge in [-0.15, -0.1) is 22.7 Å². The summed E-state index contributed by atoms with van der Waals surface area (Å²) in [6, 6.07) is 38.3. The number of carbonyl (C=O) groups is 4. The van der Waals surface area contributed by atoms with Crippen molar-refractivity contribution >= 4 is 113 Å². The fourth-order valence-electron chi connectivity index (χ4n) is 6.68. The van der Waals surface area contributed by atoms with Crippen molar-refractivity contribution in [2.45, 2.75) is 77.0 Å². The molecule has 3 amide bonds. The van der Waals surface area contributed by atoms with Gasteiger partial charge in [0.25, 0.3) is 16.0 Å². The van der Waals surface area contributed by atoms with Crippen LogP contribution in [-0.4, -0.2) is 54.1 Å². The van der Waals surface area contributed by atoms with Crippen molar-refractivity contribution < 1.29 is 37.3 Å². The van der Waals surface area contributed by atoms with Crippen LogP contribution in [0.2, 0.25) is 0 Å². The van der Waals surface area contributed by atoms with Crippen LogP contribution in [-0.2, 0) is 43.4 Å². The number of nitrogens with one attached hydrogen (secondary N) is 3. The Morgan fingerprint density at radius 3 is 1.30 bits per heavy atom. The smallest absolute Gasteiger partial charge is 0.345 e. The molecule has 5 N–H and O–H groups in total. The van der Waals surface area contributed by atoms with Gasteiger partial charge in [0.05, 0.1) is 22.5 Å². The van der Waals surface area contributed by atoms with Crippen molar-refractivity contribution in [2.75, 3.05) is 22.9 Å². The highest BCUT2D eigenvalue weighted by atomic mass is 127. The number of anilines is 2. The number of rotatable bonds is 15. The van der Waals surface area contributed by atoms with Crippen LogP contribution in [0.25, 0.3) is 0 Å². The van der Waals surface area contributed by atoms with Crippen LogP contribution in [0.4, 0.5) is 11.4 Å². The van der Waals surface area contributed by atoms with Gasteiger partial charge in [0, 0.05) is 34.8 Å². The molecule has 11 nitrogen and oxygen atoms in total. The molecule has 0 aliphatic heterocycles. The summed E-state index contributed by atoms with van der Waals surface area (Å²) < 4.78 is 32.7. The third kappa shape index (κ3) is 16.1. The minimum Gasteiger partial charge on any atom is -0.477 e. The molecule has 0 saturated heterocycles. The van der Waals surface area contributed by atoms with E-state index in [4.69, 9.17) is 4.55 Å². The van der Waals surface area contributed by atoms with Gasteiger partial charge in [0.15, 0.2) is 0 Å². The van der Waals surface area contributed by atoms with Crippen LogP contribution < -0.4 is 16.0 Å². The number of halogens is 2. The molecule has 6 aromatic rings. The fourth-order valence-corrected chi connectivity index (χ4v) is 9.62. The lowest BCUT2D eigenvalue weighted by atomic mass is 9.85. The van der Waals surface area contributed by atoms with E-state index < -0.39 is 39.6 Å². The Hall–Kier alpha value is -4.47. The lowest BCUT2D eigenvalue weighted by molar-refractivity contribution is -0.118. The van der Waals surface area contributed by atoms with E-state index in [0.29, 0.717) is 23.4 Å². The molecular formula is C50H53I2N3O8S3. The zero-order valence-electron chi connectivity index (χ0n) is 37.4. The van der Waals surface area contributed by atoms with Crippen molar-refractivity contribution in [1.29, 1.82) is 0 Å². The fraction of sp³-hybridized carbons (Fsp3) is 0.280. The van der Waals surface area contributed by atoms with Crippen LogP contribution in [0.3, 0.4) is 0 Å². The molecule has 2 atom stereocenters. The second-order valence-electron chi connectivity index (χ2n) is 17.6. The van der Waals surface area contributed by atoms with E-state index in [1.807, 2.05) is 84.9 Å². The maximum Gasteiger partial charge on any atom is 0.345 e. The standard InChI is InChI=1S/C26H29IN2O5S2.C24H24INO3S/c1-26(2,3)18-6-4-17(5-7-18)22(24(30)29-20-10-8-19(27)9-11-20)16-21-12-13-23(35-21)25(31)28-14-15-36(32,33)34;1-24(2,3)16-6-4-15(5-7-16)20(14-19-12-13-21(30-19)23(28)29)22(27)26-18-10-8-17(25)9-11-18/h4-13,22H,14-16H2,1-3H3,(H,28,31)(H,29,30)(H,32,33,34);4-13,20H,14H2,1-3H3,(H,26,27)(H,28,29). The number of aromatic carboxylic acids is 1. The number of amides is 3. The highest BCUT2D eigenvalue weighted by molar-refractivity contribution is 14.1.